The van der Waals surface area contributed by atoms with E-state index >= 15 is 0 Å². The fourth-order valence-corrected chi connectivity index (χ4v) is 2.61. The quantitative estimate of drug-likeness (QED) is 0.474. The number of hydrogen-bond acceptors (Lipinski definition) is 5. The van der Waals surface area contributed by atoms with E-state index in [9.17, 15) is 4.79 Å². The zero-order chi connectivity index (χ0) is 16.4. The molecule has 0 bridgehead atoms. The Morgan fingerprint density at radius 3 is 2.26 bits per heavy atom. The minimum atomic E-state index is -0.0809. The molecule has 3 rings (SSSR count). The van der Waals surface area contributed by atoms with Crippen LogP contribution >= 0.6 is 22.6 Å². The Morgan fingerprint density at radius 2 is 1.65 bits per heavy atom. The number of pyridine rings is 2. The van der Waals surface area contributed by atoms with E-state index in [1.165, 1.54) is 0 Å². The second-order valence-corrected chi connectivity index (χ2v) is 5.81. The number of nitrogens with zero attached hydrogens (tertiary/aromatic N) is 2. The number of halogens is 1. The summed E-state index contributed by atoms with van der Waals surface area (Å²) < 4.78 is 10.5. The largest absolute Gasteiger partial charge is 0.493 e. The molecule has 0 aliphatic rings. The molecule has 5 nitrogen and oxygen atoms in total. The van der Waals surface area contributed by atoms with Gasteiger partial charge in [-0.3, -0.25) is 14.8 Å². The van der Waals surface area contributed by atoms with Gasteiger partial charge in [-0.25, -0.2) is 0 Å². The summed E-state index contributed by atoms with van der Waals surface area (Å²) in [5, 5.41) is 0.939. The Kier molecular flexibility index (Phi) is 4.42. The zero-order valence-corrected chi connectivity index (χ0v) is 14.7. The van der Waals surface area contributed by atoms with Gasteiger partial charge in [-0.1, -0.05) is 6.07 Å². The lowest BCUT2D eigenvalue weighted by molar-refractivity contribution is 0.110. The van der Waals surface area contributed by atoms with Gasteiger partial charge >= 0.3 is 0 Å². The molecule has 0 aliphatic heterocycles. The maximum absolute atomic E-state index is 11.3. The normalized spacial score (nSPS) is 10.6. The van der Waals surface area contributed by atoms with Gasteiger partial charge in [0.15, 0.2) is 11.5 Å². The Bertz CT molecular complexity index is 879. The van der Waals surface area contributed by atoms with Gasteiger partial charge in [0.25, 0.3) is 0 Å². The Hall–Kier alpha value is -2.22. The molecule has 6 heteroatoms. The third-order valence-electron chi connectivity index (χ3n) is 3.48. The van der Waals surface area contributed by atoms with Crippen molar-refractivity contribution < 1.29 is 14.3 Å². The van der Waals surface area contributed by atoms with Crippen molar-refractivity contribution >= 4 is 37.3 Å². The number of benzene rings is 1. The first-order chi connectivity index (χ1) is 11.1. The summed E-state index contributed by atoms with van der Waals surface area (Å²) in [6.45, 7) is 0. The van der Waals surface area contributed by atoms with Crippen molar-refractivity contribution in [3.63, 3.8) is 0 Å². The summed E-state index contributed by atoms with van der Waals surface area (Å²) in [5.74, 6) is 1.30. The van der Waals surface area contributed by atoms with Crippen LogP contribution in [0.25, 0.3) is 22.0 Å². The van der Waals surface area contributed by atoms with Crippen LogP contribution in [0.5, 0.6) is 11.5 Å². The van der Waals surface area contributed by atoms with Crippen LogP contribution < -0.4 is 9.47 Å². The van der Waals surface area contributed by atoms with Gasteiger partial charge in [0.1, 0.15) is 5.69 Å². The molecule has 1 aromatic carbocycles. The van der Waals surface area contributed by atoms with Gasteiger partial charge in [0.05, 0.1) is 19.7 Å². The maximum Gasteiger partial charge on any atom is 0.240 e. The number of carbonyl (C=O) groups is 1. The molecule has 3 aromatic rings. The number of fused-ring (bicyclic) bond motifs is 1. The third kappa shape index (κ3) is 3.12. The highest BCUT2D eigenvalue weighted by Crippen LogP contribution is 2.32. The van der Waals surface area contributed by atoms with Crippen molar-refractivity contribution in [3.05, 3.63) is 48.4 Å². The van der Waals surface area contributed by atoms with Crippen LogP contribution in [0.4, 0.5) is 0 Å². The second-order valence-electron chi connectivity index (χ2n) is 4.83. The van der Waals surface area contributed by atoms with E-state index in [0.29, 0.717) is 17.2 Å². The molecule has 0 spiro atoms. The molecule has 2 heterocycles. The minimum Gasteiger partial charge on any atom is -0.493 e. The monoisotopic (exact) mass is 420 g/mol. The second kappa shape index (κ2) is 6.49. The Morgan fingerprint density at radius 1 is 0.957 bits per heavy atom. The van der Waals surface area contributed by atoms with E-state index in [1.807, 2.05) is 24.3 Å². The number of hydrogen-bond donors (Lipinski definition) is 0. The molecule has 0 amide bonds. The van der Waals surface area contributed by atoms with Crippen LogP contribution in [-0.4, -0.2) is 28.0 Å². The number of ether oxygens (including phenoxy) is 2. The fourth-order valence-electron chi connectivity index (χ4n) is 2.29. The van der Waals surface area contributed by atoms with Crippen LogP contribution in [0, 0.1) is 0 Å². The minimum absolute atomic E-state index is 0.0809. The topological polar surface area (TPSA) is 61.3 Å². The molecule has 0 N–H and O–H groups in total. The molecule has 0 radical (unpaired) electrons. The molecular formula is C17H13IN2O3. The highest BCUT2D eigenvalue weighted by Gasteiger charge is 2.09. The van der Waals surface area contributed by atoms with Crippen LogP contribution in [-0.2, 0) is 0 Å². The van der Waals surface area contributed by atoms with Gasteiger partial charge in [-0.2, -0.15) is 0 Å². The van der Waals surface area contributed by atoms with Crippen LogP contribution in [0.2, 0.25) is 0 Å². The van der Waals surface area contributed by atoms with Gasteiger partial charge in [0.2, 0.25) is 3.79 Å². The number of carbonyl (C=O) groups excluding carboxylic acids is 1. The van der Waals surface area contributed by atoms with Crippen LogP contribution in [0.3, 0.4) is 0 Å². The van der Waals surface area contributed by atoms with Gasteiger partial charge < -0.3 is 9.47 Å². The molecule has 116 valence electrons. The first kappa shape index (κ1) is 15.7. The highest BCUT2D eigenvalue weighted by molar-refractivity contribution is 14.1. The van der Waals surface area contributed by atoms with Crippen molar-refractivity contribution in [3.8, 4) is 22.6 Å². The average Bonchev–Trinajstić information content (AvgIpc) is 2.60. The predicted octanol–water partition coefficient (Wildman–Crippen LogP) is 3.89. The third-order valence-corrected chi connectivity index (χ3v) is 4.04. The van der Waals surface area contributed by atoms with E-state index < -0.39 is 0 Å². The van der Waals surface area contributed by atoms with Crippen molar-refractivity contribution in [1.82, 2.24) is 9.97 Å². The lowest BCUT2D eigenvalue weighted by Gasteiger charge is -2.09. The lowest BCUT2D eigenvalue weighted by atomic mass is 10.1. The van der Waals surface area contributed by atoms with Crippen molar-refractivity contribution in [1.29, 1.82) is 0 Å². The van der Waals surface area contributed by atoms with E-state index in [0.717, 1.165) is 22.0 Å². The predicted molar refractivity (Wildman–Crippen MR) is 96.4 cm³/mol. The summed E-state index contributed by atoms with van der Waals surface area (Å²) in [5.41, 5.74) is 3.08. The van der Waals surface area contributed by atoms with Crippen LogP contribution in [0.15, 0.2) is 42.7 Å². The molecule has 0 aliphatic carbocycles. The Balaban J connectivity index is 2.06. The maximum atomic E-state index is 11.3. The molecule has 23 heavy (non-hydrogen) atoms. The van der Waals surface area contributed by atoms with Crippen molar-refractivity contribution in [2.75, 3.05) is 14.2 Å². The van der Waals surface area contributed by atoms with E-state index in [1.54, 1.807) is 55.3 Å². The molecular weight excluding hydrogens is 407 g/mol. The number of methoxy groups -OCH3 is 2. The summed E-state index contributed by atoms with van der Waals surface area (Å²) in [7, 11) is 3.20. The highest BCUT2D eigenvalue weighted by atomic mass is 127. The molecule has 0 saturated carbocycles. The van der Waals surface area contributed by atoms with Gasteiger partial charge in [0, 0.05) is 57.6 Å². The lowest BCUT2D eigenvalue weighted by Crippen LogP contribution is -1.94. The average molecular weight is 420 g/mol. The first-order valence-corrected chi connectivity index (χ1v) is 7.88. The standard InChI is InChI=1S/C17H13IN2O3/c1-22-15-6-11-5-12(9-20-14(11)7-16(15)23-2)10-3-4-13(17(18)21)19-8-10/h3-9H,1-2H3. The SMILES string of the molecule is COc1cc2cc(-c3ccc(C(=O)I)nc3)cnc2cc1OC. The summed E-state index contributed by atoms with van der Waals surface area (Å²) in [6.07, 6.45) is 3.45. The summed E-state index contributed by atoms with van der Waals surface area (Å²) in [6, 6.07) is 9.31. The van der Waals surface area contributed by atoms with Gasteiger partial charge in [-0.05, 0) is 18.2 Å². The molecule has 0 saturated heterocycles. The van der Waals surface area contributed by atoms with Crippen molar-refractivity contribution in [2.24, 2.45) is 0 Å². The van der Waals surface area contributed by atoms with E-state index in [4.69, 9.17) is 9.47 Å². The van der Waals surface area contributed by atoms with Gasteiger partial charge in [-0.15, -0.1) is 0 Å². The fraction of sp³-hybridized carbons (Fsp3) is 0.118. The zero-order valence-electron chi connectivity index (χ0n) is 12.5. The van der Waals surface area contributed by atoms with E-state index in [2.05, 4.69) is 9.97 Å². The van der Waals surface area contributed by atoms with E-state index in [-0.39, 0.29) is 3.79 Å². The molecule has 0 fully saturated rings. The van der Waals surface area contributed by atoms with Crippen molar-refractivity contribution in [2.45, 2.75) is 0 Å². The summed E-state index contributed by atoms with van der Waals surface area (Å²) >= 11 is 1.72. The van der Waals surface area contributed by atoms with Crippen LogP contribution in [0.1, 0.15) is 10.5 Å². The molecule has 0 unspecified atom stereocenters. The Labute approximate surface area is 146 Å². The first-order valence-electron chi connectivity index (χ1n) is 6.80. The summed E-state index contributed by atoms with van der Waals surface area (Å²) in [4.78, 5) is 19.9. The molecule has 2 aromatic heterocycles. The molecule has 0 atom stereocenters. The number of rotatable bonds is 4. The number of aromatic nitrogens is 2. The smallest absolute Gasteiger partial charge is 0.240 e.